The second-order valence-electron chi connectivity index (χ2n) is 8.57. The molecule has 1 saturated carbocycles. The quantitative estimate of drug-likeness (QED) is 0.846. The maximum Gasteiger partial charge on any atom is 0.0105 e. The van der Waals surface area contributed by atoms with Crippen LogP contribution in [0.1, 0.15) is 60.3 Å². The molecule has 118 valence electrons. The van der Waals surface area contributed by atoms with E-state index in [9.17, 15) is 0 Å². The smallest absolute Gasteiger partial charge is 0.0105 e. The Bertz CT molecular complexity index is 313. The van der Waals surface area contributed by atoms with Crippen LogP contribution in [0.25, 0.3) is 0 Å². The molecule has 2 rings (SSSR count). The van der Waals surface area contributed by atoms with E-state index in [1.807, 2.05) is 0 Å². The molecule has 2 heteroatoms. The van der Waals surface area contributed by atoms with E-state index in [0.29, 0.717) is 5.41 Å². The van der Waals surface area contributed by atoms with Crippen LogP contribution in [0, 0.1) is 23.2 Å². The van der Waals surface area contributed by atoms with Crippen LogP contribution < -0.4 is 5.32 Å². The molecule has 0 aromatic carbocycles. The molecule has 2 nitrogen and oxygen atoms in total. The van der Waals surface area contributed by atoms with Crippen molar-refractivity contribution in [2.45, 2.75) is 72.4 Å². The monoisotopic (exact) mass is 280 g/mol. The van der Waals surface area contributed by atoms with Gasteiger partial charge in [-0.05, 0) is 62.8 Å². The van der Waals surface area contributed by atoms with Crippen molar-refractivity contribution < 1.29 is 0 Å². The van der Waals surface area contributed by atoms with Crippen LogP contribution in [0.3, 0.4) is 0 Å². The highest BCUT2D eigenvalue weighted by Crippen LogP contribution is 2.40. The molecule has 2 aliphatic rings. The third kappa shape index (κ3) is 3.76. The zero-order valence-corrected chi connectivity index (χ0v) is 14.6. The van der Waals surface area contributed by atoms with E-state index in [-0.39, 0.29) is 0 Å². The predicted molar refractivity (Wildman–Crippen MR) is 87.9 cm³/mol. The van der Waals surface area contributed by atoms with Gasteiger partial charge in [-0.1, -0.05) is 27.7 Å². The van der Waals surface area contributed by atoms with Crippen molar-refractivity contribution in [2.24, 2.45) is 23.2 Å². The molecule has 0 amide bonds. The van der Waals surface area contributed by atoms with Crippen molar-refractivity contribution in [3.05, 3.63) is 0 Å². The Morgan fingerprint density at radius 1 is 1.20 bits per heavy atom. The van der Waals surface area contributed by atoms with Crippen LogP contribution in [0.15, 0.2) is 0 Å². The van der Waals surface area contributed by atoms with Gasteiger partial charge in [0.1, 0.15) is 0 Å². The van der Waals surface area contributed by atoms with Gasteiger partial charge in [0, 0.05) is 25.2 Å². The molecule has 0 aromatic heterocycles. The minimum absolute atomic E-state index is 0.536. The molecule has 0 spiro atoms. The molecule has 1 N–H and O–H groups in total. The number of hydrogen-bond donors (Lipinski definition) is 1. The maximum atomic E-state index is 3.59. The minimum Gasteiger partial charge on any atom is -0.317 e. The first-order chi connectivity index (χ1) is 9.32. The lowest BCUT2D eigenvalue weighted by atomic mass is 9.69. The van der Waals surface area contributed by atoms with E-state index in [4.69, 9.17) is 0 Å². The van der Waals surface area contributed by atoms with Gasteiger partial charge >= 0.3 is 0 Å². The Balaban J connectivity index is 2.02. The summed E-state index contributed by atoms with van der Waals surface area (Å²) < 4.78 is 0. The Labute approximate surface area is 126 Å². The molecule has 0 bridgehead atoms. The lowest BCUT2D eigenvalue weighted by molar-refractivity contribution is 0.0344. The summed E-state index contributed by atoms with van der Waals surface area (Å²) >= 11 is 0. The zero-order valence-electron chi connectivity index (χ0n) is 14.6. The van der Waals surface area contributed by atoms with Crippen molar-refractivity contribution >= 4 is 0 Å². The highest BCUT2D eigenvalue weighted by molar-refractivity contribution is 4.92. The molecule has 0 radical (unpaired) electrons. The van der Waals surface area contributed by atoms with E-state index >= 15 is 0 Å². The van der Waals surface area contributed by atoms with Crippen molar-refractivity contribution in [1.82, 2.24) is 10.2 Å². The molecule has 1 saturated heterocycles. The molecular weight excluding hydrogens is 244 g/mol. The topological polar surface area (TPSA) is 15.3 Å². The summed E-state index contributed by atoms with van der Waals surface area (Å²) in [5.41, 5.74) is 0.536. The second kappa shape index (κ2) is 6.36. The largest absolute Gasteiger partial charge is 0.317 e. The van der Waals surface area contributed by atoms with E-state index in [0.717, 1.165) is 29.8 Å². The third-order valence-electron chi connectivity index (χ3n) is 6.08. The molecular formula is C18H36N2. The standard InChI is InChI=1S/C18H36N2/c1-13-9-14(2)15(3)20(11-13)12-16-10-18(4,5)8-7-17(16)19-6/h13-17,19H,7-12H2,1-6H3. The molecule has 1 aliphatic carbocycles. The van der Waals surface area contributed by atoms with Crippen LogP contribution in [0.4, 0.5) is 0 Å². The van der Waals surface area contributed by atoms with Gasteiger partial charge in [0.05, 0.1) is 0 Å². The first-order valence-electron chi connectivity index (χ1n) is 8.73. The van der Waals surface area contributed by atoms with Gasteiger partial charge < -0.3 is 5.32 Å². The summed E-state index contributed by atoms with van der Waals surface area (Å²) in [5.74, 6) is 2.54. The number of piperidine rings is 1. The molecule has 2 fully saturated rings. The van der Waals surface area contributed by atoms with E-state index in [2.05, 4.69) is 51.9 Å². The molecule has 1 aliphatic heterocycles. The third-order valence-corrected chi connectivity index (χ3v) is 6.08. The van der Waals surface area contributed by atoms with Gasteiger partial charge in [0.15, 0.2) is 0 Å². The van der Waals surface area contributed by atoms with Crippen molar-refractivity contribution in [3.63, 3.8) is 0 Å². The van der Waals surface area contributed by atoms with Gasteiger partial charge in [-0.25, -0.2) is 0 Å². The maximum absolute atomic E-state index is 3.59. The summed E-state index contributed by atoms with van der Waals surface area (Å²) in [4.78, 5) is 2.79. The van der Waals surface area contributed by atoms with Gasteiger partial charge in [0.25, 0.3) is 0 Å². The van der Waals surface area contributed by atoms with E-state index < -0.39 is 0 Å². The summed E-state index contributed by atoms with van der Waals surface area (Å²) in [6, 6.07) is 1.48. The van der Waals surface area contributed by atoms with Crippen LogP contribution in [-0.4, -0.2) is 37.1 Å². The lowest BCUT2D eigenvalue weighted by Crippen LogP contribution is -2.52. The average Bonchev–Trinajstić information content (AvgIpc) is 2.34. The van der Waals surface area contributed by atoms with Crippen molar-refractivity contribution in [3.8, 4) is 0 Å². The summed E-state index contributed by atoms with van der Waals surface area (Å²) in [5, 5.41) is 3.59. The first-order valence-corrected chi connectivity index (χ1v) is 8.73. The first kappa shape index (κ1) is 16.3. The predicted octanol–water partition coefficient (Wildman–Crippen LogP) is 3.77. The second-order valence-corrected chi connectivity index (χ2v) is 8.57. The number of nitrogens with one attached hydrogen (secondary N) is 1. The number of nitrogens with zero attached hydrogens (tertiary/aromatic N) is 1. The van der Waals surface area contributed by atoms with Crippen LogP contribution in [0.2, 0.25) is 0 Å². The fourth-order valence-electron chi connectivity index (χ4n) is 4.68. The van der Waals surface area contributed by atoms with Crippen LogP contribution >= 0.6 is 0 Å². The Morgan fingerprint density at radius 2 is 1.90 bits per heavy atom. The summed E-state index contributed by atoms with van der Waals surface area (Å²) in [6.07, 6.45) is 5.51. The Hall–Kier alpha value is -0.0800. The highest BCUT2D eigenvalue weighted by Gasteiger charge is 2.37. The number of hydrogen-bond acceptors (Lipinski definition) is 2. The number of likely N-dealkylation sites (tertiary alicyclic amines) is 1. The summed E-state index contributed by atoms with van der Waals surface area (Å²) in [7, 11) is 2.15. The fraction of sp³-hybridized carbons (Fsp3) is 1.00. The lowest BCUT2D eigenvalue weighted by Gasteiger charge is -2.47. The Kier molecular flexibility index (Phi) is 5.18. The van der Waals surface area contributed by atoms with E-state index in [1.165, 1.54) is 38.8 Å². The fourth-order valence-corrected chi connectivity index (χ4v) is 4.68. The highest BCUT2D eigenvalue weighted by atomic mass is 15.2. The van der Waals surface area contributed by atoms with Crippen LogP contribution in [-0.2, 0) is 0 Å². The van der Waals surface area contributed by atoms with Gasteiger partial charge in [0.2, 0.25) is 0 Å². The summed E-state index contributed by atoms with van der Waals surface area (Å²) in [6.45, 7) is 14.8. The van der Waals surface area contributed by atoms with Crippen LogP contribution in [0.5, 0.6) is 0 Å². The van der Waals surface area contributed by atoms with Gasteiger partial charge in [-0.15, -0.1) is 0 Å². The van der Waals surface area contributed by atoms with Crippen molar-refractivity contribution in [1.29, 1.82) is 0 Å². The minimum atomic E-state index is 0.536. The zero-order chi connectivity index (χ0) is 14.9. The molecule has 1 heterocycles. The molecule has 5 atom stereocenters. The Morgan fingerprint density at radius 3 is 2.55 bits per heavy atom. The van der Waals surface area contributed by atoms with E-state index in [1.54, 1.807) is 0 Å². The van der Waals surface area contributed by atoms with Crippen molar-refractivity contribution in [2.75, 3.05) is 20.1 Å². The number of rotatable bonds is 3. The SMILES string of the molecule is CNC1CCC(C)(C)CC1CN1CC(C)CC(C)C1C. The molecule has 5 unspecified atom stereocenters. The normalized spacial score (nSPS) is 42.6. The van der Waals surface area contributed by atoms with Gasteiger partial charge in [-0.3, -0.25) is 4.90 Å². The van der Waals surface area contributed by atoms with Gasteiger partial charge in [-0.2, -0.15) is 0 Å². The average molecular weight is 280 g/mol. The molecule has 20 heavy (non-hydrogen) atoms. The molecule has 0 aromatic rings.